The molecule has 3 heteroatoms. The third-order valence-corrected chi connectivity index (χ3v) is 5.21. The molecule has 1 N–H and O–H groups in total. The number of hydrogen-bond acceptors (Lipinski definition) is 3. The molecule has 108 valence electrons. The molecule has 0 bridgehead atoms. The van der Waals surface area contributed by atoms with Crippen LogP contribution in [0.25, 0.3) is 0 Å². The monoisotopic (exact) mass is 280 g/mol. The highest BCUT2D eigenvalue weighted by Crippen LogP contribution is 2.24. The zero-order chi connectivity index (χ0) is 13.9. The number of piperazine rings is 1. The zero-order valence-corrected chi connectivity index (χ0v) is 13.6. The van der Waals surface area contributed by atoms with Crippen molar-refractivity contribution in [2.24, 2.45) is 5.41 Å². The van der Waals surface area contributed by atoms with Gasteiger partial charge in [-0.1, -0.05) is 33.8 Å². The summed E-state index contributed by atoms with van der Waals surface area (Å²) in [5.41, 5.74) is 0.347. The predicted molar refractivity (Wildman–Crippen MR) is 84.9 cm³/mol. The maximum atomic E-state index is 3.74. The van der Waals surface area contributed by atoms with Gasteiger partial charge in [0, 0.05) is 36.6 Å². The van der Waals surface area contributed by atoms with Crippen LogP contribution >= 0.6 is 11.3 Å². The molecule has 1 aliphatic rings. The van der Waals surface area contributed by atoms with Crippen LogP contribution < -0.4 is 5.32 Å². The smallest absolute Gasteiger partial charge is 0.0244 e. The maximum absolute atomic E-state index is 3.74. The van der Waals surface area contributed by atoms with Gasteiger partial charge in [-0.05, 0) is 29.7 Å². The Kier molecular flexibility index (Phi) is 5.04. The van der Waals surface area contributed by atoms with Gasteiger partial charge < -0.3 is 5.32 Å². The van der Waals surface area contributed by atoms with Crippen molar-refractivity contribution < 1.29 is 0 Å². The number of rotatable bonds is 4. The molecule has 1 aliphatic heterocycles. The Balaban J connectivity index is 1.94. The topological polar surface area (TPSA) is 15.3 Å². The van der Waals surface area contributed by atoms with Crippen LogP contribution in [0.4, 0.5) is 0 Å². The molecule has 0 aromatic carbocycles. The average molecular weight is 280 g/mol. The van der Waals surface area contributed by atoms with Gasteiger partial charge in [-0.15, -0.1) is 11.3 Å². The molecule has 2 nitrogen and oxygen atoms in total. The van der Waals surface area contributed by atoms with Crippen LogP contribution in [0.15, 0.2) is 17.5 Å². The standard InChI is InChI=1S/C16H28N2S/c1-5-13-11-17-15(16(2,3)4)12-18(13)9-8-14-7-6-10-19-14/h6-7,10,13,15,17H,5,8-9,11-12H2,1-4H3. The predicted octanol–water partition coefficient (Wildman–Crippen LogP) is 3.39. The van der Waals surface area contributed by atoms with E-state index in [-0.39, 0.29) is 0 Å². The van der Waals surface area contributed by atoms with Crippen molar-refractivity contribution in [1.29, 1.82) is 0 Å². The molecule has 1 aromatic heterocycles. The fourth-order valence-electron chi connectivity index (χ4n) is 2.82. The fourth-order valence-corrected chi connectivity index (χ4v) is 3.52. The molecule has 19 heavy (non-hydrogen) atoms. The Hall–Kier alpha value is -0.380. The Morgan fingerprint density at radius 3 is 2.79 bits per heavy atom. The molecule has 0 spiro atoms. The van der Waals surface area contributed by atoms with Gasteiger partial charge in [-0.3, -0.25) is 4.90 Å². The first-order valence-electron chi connectivity index (χ1n) is 7.50. The van der Waals surface area contributed by atoms with E-state index in [1.54, 1.807) is 0 Å². The molecule has 1 aromatic rings. The molecular weight excluding hydrogens is 252 g/mol. The van der Waals surface area contributed by atoms with E-state index in [0.29, 0.717) is 17.5 Å². The van der Waals surface area contributed by atoms with Gasteiger partial charge in [0.1, 0.15) is 0 Å². The second kappa shape index (κ2) is 6.38. The van der Waals surface area contributed by atoms with Crippen LogP contribution in [0, 0.1) is 5.41 Å². The Labute approximate surface area is 122 Å². The van der Waals surface area contributed by atoms with Gasteiger partial charge in [0.15, 0.2) is 0 Å². The van der Waals surface area contributed by atoms with E-state index in [4.69, 9.17) is 0 Å². The Morgan fingerprint density at radius 1 is 1.42 bits per heavy atom. The lowest BCUT2D eigenvalue weighted by Gasteiger charge is -2.45. The summed E-state index contributed by atoms with van der Waals surface area (Å²) < 4.78 is 0. The fraction of sp³-hybridized carbons (Fsp3) is 0.750. The molecule has 2 rings (SSSR count). The van der Waals surface area contributed by atoms with Crippen molar-refractivity contribution >= 4 is 11.3 Å². The minimum atomic E-state index is 0.347. The number of nitrogens with one attached hydrogen (secondary N) is 1. The quantitative estimate of drug-likeness (QED) is 0.909. The highest BCUT2D eigenvalue weighted by Gasteiger charge is 2.32. The second-order valence-electron chi connectivity index (χ2n) is 6.71. The van der Waals surface area contributed by atoms with Gasteiger partial charge in [0.25, 0.3) is 0 Å². The van der Waals surface area contributed by atoms with Crippen molar-refractivity contribution in [3.63, 3.8) is 0 Å². The molecule has 1 fully saturated rings. The second-order valence-corrected chi connectivity index (χ2v) is 7.75. The van der Waals surface area contributed by atoms with Crippen molar-refractivity contribution in [3.8, 4) is 0 Å². The third-order valence-electron chi connectivity index (χ3n) is 4.28. The normalized spacial score (nSPS) is 25.7. The molecule has 0 aliphatic carbocycles. The zero-order valence-electron chi connectivity index (χ0n) is 12.8. The van der Waals surface area contributed by atoms with E-state index in [1.807, 2.05) is 11.3 Å². The SMILES string of the molecule is CCC1CNC(C(C)(C)C)CN1CCc1cccs1. The third kappa shape index (κ3) is 4.04. The Bertz CT molecular complexity index is 367. The van der Waals surface area contributed by atoms with Crippen LogP contribution in [0.1, 0.15) is 39.0 Å². The van der Waals surface area contributed by atoms with Gasteiger partial charge in [0.05, 0.1) is 0 Å². The van der Waals surface area contributed by atoms with Crippen LogP contribution in [-0.4, -0.2) is 36.6 Å². The van der Waals surface area contributed by atoms with Gasteiger partial charge in [-0.25, -0.2) is 0 Å². The number of thiophene rings is 1. The van der Waals surface area contributed by atoms with Crippen LogP contribution in [0.3, 0.4) is 0 Å². The summed E-state index contributed by atoms with van der Waals surface area (Å²) in [7, 11) is 0. The lowest BCUT2D eigenvalue weighted by Crippen LogP contribution is -2.60. The molecule has 1 saturated heterocycles. The summed E-state index contributed by atoms with van der Waals surface area (Å²) in [6.07, 6.45) is 2.44. The largest absolute Gasteiger partial charge is 0.311 e. The Morgan fingerprint density at radius 2 is 2.21 bits per heavy atom. The van der Waals surface area contributed by atoms with Crippen molar-refractivity contribution in [2.45, 2.75) is 52.6 Å². The van der Waals surface area contributed by atoms with E-state index >= 15 is 0 Å². The molecule has 2 heterocycles. The summed E-state index contributed by atoms with van der Waals surface area (Å²) in [5.74, 6) is 0. The molecular formula is C16H28N2S. The number of nitrogens with zero attached hydrogens (tertiary/aromatic N) is 1. The summed E-state index contributed by atoms with van der Waals surface area (Å²) in [5, 5.41) is 5.93. The van der Waals surface area contributed by atoms with Crippen LogP contribution in [-0.2, 0) is 6.42 Å². The van der Waals surface area contributed by atoms with E-state index in [2.05, 4.69) is 55.4 Å². The summed E-state index contributed by atoms with van der Waals surface area (Å²) in [6.45, 7) is 12.9. The molecule has 0 saturated carbocycles. The van der Waals surface area contributed by atoms with Gasteiger partial charge in [-0.2, -0.15) is 0 Å². The van der Waals surface area contributed by atoms with E-state index in [1.165, 1.54) is 30.8 Å². The average Bonchev–Trinajstić information content (AvgIpc) is 2.88. The summed E-state index contributed by atoms with van der Waals surface area (Å²) in [4.78, 5) is 4.22. The molecule has 2 unspecified atom stereocenters. The highest BCUT2D eigenvalue weighted by molar-refractivity contribution is 7.09. The van der Waals surface area contributed by atoms with E-state index < -0.39 is 0 Å². The lowest BCUT2D eigenvalue weighted by molar-refractivity contribution is 0.0848. The summed E-state index contributed by atoms with van der Waals surface area (Å²) in [6, 6.07) is 5.74. The highest BCUT2D eigenvalue weighted by atomic mass is 32.1. The van der Waals surface area contributed by atoms with Gasteiger partial charge >= 0.3 is 0 Å². The van der Waals surface area contributed by atoms with E-state index in [9.17, 15) is 0 Å². The lowest BCUT2D eigenvalue weighted by atomic mass is 9.84. The van der Waals surface area contributed by atoms with Gasteiger partial charge in [0.2, 0.25) is 0 Å². The van der Waals surface area contributed by atoms with Crippen molar-refractivity contribution in [2.75, 3.05) is 19.6 Å². The first-order valence-corrected chi connectivity index (χ1v) is 8.38. The van der Waals surface area contributed by atoms with Crippen LogP contribution in [0.2, 0.25) is 0 Å². The van der Waals surface area contributed by atoms with E-state index in [0.717, 1.165) is 6.54 Å². The minimum Gasteiger partial charge on any atom is -0.311 e. The number of hydrogen-bond donors (Lipinski definition) is 1. The molecule has 0 radical (unpaired) electrons. The first kappa shape index (κ1) is 15.0. The minimum absolute atomic E-state index is 0.347. The maximum Gasteiger partial charge on any atom is 0.0244 e. The van der Waals surface area contributed by atoms with Crippen LogP contribution in [0.5, 0.6) is 0 Å². The van der Waals surface area contributed by atoms with Crippen molar-refractivity contribution in [1.82, 2.24) is 10.2 Å². The first-order chi connectivity index (χ1) is 9.00. The van der Waals surface area contributed by atoms with Crippen molar-refractivity contribution in [3.05, 3.63) is 22.4 Å². The molecule has 2 atom stereocenters. The molecule has 0 amide bonds. The summed E-state index contributed by atoms with van der Waals surface area (Å²) >= 11 is 1.88.